The molecule has 0 nitrogen and oxygen atoms in total. The molecular weight excluding hydrogens is 954 g/mol. The number of rotatable bonds is 6. The maximum absolute atomic E-state index is 2.62. The van der Waals surface area contributed by atoms with Gasteiger partial charge in [0.05, 0.1) is 0 Å². The first-order chi connectivity index (χ1) is 23.3. The fourth-order valence-electron chi connectivity index (χ4n) is 5.86. The van der Waals surface area contributed by atoms with E-state index in [9.17, 15) is 0 Å². The zero-order chi connectivity index (χ0) is 33.4. The van der Waals surface area contributed by atoms with Crippen LogP contribution in [0.2, 0.25) is 0 Å². The Hall–Kier alpha value is -1.33. The molecule has 0 aromatic heterocycles. The molecule has 0 bridgehead atoms. The summed E-state index contributed by atoms with van der Waals surface area (Å²) < 4.78 is 10.8. The Morgan fingerprint density at radius 3 is 0.396 bits per heavy atom. The molecule has 0 N–H and O–H groups in total. The van der Waals surface area contributed by atoms with Crippen molar-refractivity contribution in [2.24, 2.45) is 0 Å². The molecule has 1 fully saturated rings. The predicted octanol–water partition coefficient (Wildman–Crippen LogP) is 4.73. The van der Waals surface area contributed by atoms with Crippen molar-refractivity contribution in [2.45, 2.75) is 41.5 Å². The second-order valence-corrected chi connectivity index (χ2v) is 125. The second kappa shape index (κ2) is 15.5. The van der Waals surface area contributed by atoms with Crippen LogP contribution < -0.4 is 26.1 Å². The summed E-state index contributed by atoms with van der Waals surface area (Å²) in [6.07, 6.45) is 0. The molecule has 0 unspecified atom stereocenters. The molecule has 7 rings (SSSR count). The molecule has 1 aliphatic heterocycles. The fourth-order valence-corrected chi connectivity index (χ4v) is 733. The van der Waals surface area contributed by atoms with Crippen LogP contribution >= 0.6 is 0 Å². The molecule has 1 aliphatic rings. The van der Waals surface area contributed by atoms with Crippen LogP contribution in [-0.4, -0.2) is 63.1 Å². The van der Waals surface area contributed by atoms with Crippen molar-refractivity contribution in [1.82, 2.24) is 0 Å². The van der Waals surface area contributed by atoms with E-state index in [1.54, 1.807) is 26.1 Å². The van der Waals surface area contributed by atoms with Crippen molar-refractivity contribution < 1.29 is 0 Å². The first-order valence-electron chi connectivity index (χ1n) is 16.5. The number of hydrogen-bond acceptors (Lipinski definition) is 0. The van der Waals surface area contributed by atoms with Crippen LogP contribution in [0.4, 0.5) is 0 Å². The van der Waals surface area contributed by atoms with Crippen LogP contribution in [0.15, 0.2) is 146 Å². The van der Waals surface area contributed by atoms with Gasteiger partial charge in [-0.05, 0) is 0 Å². The number of benzene rings is 6. The van der Waals surface area contributed by atoms with Crippen LogP contribution in [0.3, 0.4) is 0 Å². The van der Waals surface area contributed by atoms with Crippen molar-refractivity contribution in [2.75, 3.05) is 0 Å². The van der Waals surface area contributed by atoms with Gasteiger partial charge in [0.15, 0.2) is 0 Å². The molecule has 0 saturated carbocycles. The van der Waals surface area contributed by atoms with Crippen LogP contribution in [0.1, 0.15) is 33.4 Å². The van der Waals surface area contributed by atoms with Gasteiger partial charge in [-0.1, -0.05) is 0 Å². The summed E-state index contributed by atoms with van der Waals surface area (Å²) in [4.78, 5) is 0. The summed E-state index contributed by atoms with van der Waals surface area (Å²) in [6.45, 7) is 13.6. The van der Waals surface area contributed by atoms with Gasteiger partial charge in [-0.15, -0.1) is 0 Å². The summed E-state index contributed by atoms with van der Waals surface area (Å²) in [6, 6.07) is 60.9. The first-order valence-corrected chi connectivity index (χ1v) is 53.3. The topological polar surface area (TPSA) is 0 Å². The Kier molecular flexibility index (Phi) is 11.3. The normalized spacial score (nSPS) is 22.4. The molecule has 0 radical (unpaired) electrons. The van der Waals surface area contributed by atoms with Crippen LogP contribution in [-0.2, 0) is 0 Å². The minimum atomic E-state index is -1.52. The van der Waals surface area contributed by atoms with Gasteiger partial charge in [0, 0.05) is 0 Å². The Bertz CT molecular complexity index is 1570. The summed E-state index contributed by atoms with van der Waals surface area (Å²) in [5, 5.41) is 0. The van der Waals surface area contributed by atoms with Crippen molar-refractivity contribution in [3.8, 4) is 0 Å². The van der Waals surface area contributed by atoms with E-state index in [-0.39, 0.29) is 0 Å². The second-order valence-electron chi connectivity index (χ2n) is 12.7. The Balaban J connectivity index is 1.61. The molecule has 6 aromatic carbocycles. The van der Waals surface area contributed by atoms with Crippen molar-refractivity contribution in [1.29, 1.82) is 0 Å². The molecule has 6 heteroatoms. The van der Waals surface area contributed by atoms with Gasteiger partial charge in [-0.2, -0.15) is 0 Å². The quantitative estimate of drug-likeness (QED) is 0.212. The molecule has 0 atom stereocenters. The van der Waals surface area contributed by atoms with Crippen molar-refractivity contribution in [3.63, 3.8) is 0 Å². The minimum absolute atomic E-state index is 1.39. The molecule has 1 saturated heterocycles. The van der Waals surface area contributed by atoms with Gasteiger partial charge in [0.2, 0.25) is 0 Å². The molecule has 240 valence electrons. The summed E-state index contributed by atoms with van der Waals surface area (Å²) in [5.74, 6) is 0. The van der Waals surface area contributed by atoms with Gasteiger partial charge >= 0.3 is 310 Å². The first kappa shape index (κ1) is 35.1. The van der Waals surface area contributed by atoms with E-state index in [4.69, 9.17) is 0 Å². The van der Waals surface area contributed by atoms with E-state index in [1.165, 1.54) is 33.4 Å². The molecule has 48 heavy (non-hydrogen) atoms. The molecule has 1 heterocycles. The monoisotopic (exact) mass is 996 g/mol. The molecule has 0 amide bonds. The van der Waals surface area contributed by atoms with E-state index in [0.717, 1.165) is 0 Å². The summed E-state index contributed by atoms with van der Waals surface area (Å²) >= 11 is 0. The van der Waals surface area contributed by atoms with Gasteiger partial charge < -0.3 is 0 Å². The Morgan fingerprint density at radius 2 is 0.292 bits per heavy atom. The SMILES string of the molecule is Cc1ccc([As]2[As](c3ccc(C)cc3)[As](c3ccc(C)cc3)[As](c3ccc(C)cc3)[As](c3ccc(C)cc3)[As]2c2ccc(C)cc2)cc1. The standard InChI is InChI=1S/C42H42As6/c1-31-7-19-37(20-8-31)43-44(38-21-9-32(2)10-22-38)46(40-25-13-34(4)14-26-40)48(42-29-17-36(6)18-30-42)47(41-27-15-35(5)16-28-41)45(43)39-23-11-33(3)12-24-39/h7-30H,1-6H3. The summed E-state index contributed by atoms with van der Waals surface area (Å²) in [5.41, 5.74) is 8.34. The van der Waals surface area contributed by atoms with Crippen LogP contribution in [0.5, 0.6) is 0 Å². The average molecular weight is 996 g/mol. The fraction of sp³-hybridized carbons (Fsp3) is 0.143. The zero-order valence-corrected chi connectivity index (χ0v) is 39.8. The van der Waals surface area contributed by atoms with Crippen LogP contribution in [0, 0.1) is 41.5 Å². The van der Waals surface area contributed by atoms with E-state index in [1.807, 2.05) is 0 Å². The van der Waals surface area contributed by atoms with Crippen molar-refractivity contribution in [3.05, 3.63) is 179 Å². The number of aryl methyl sites for hydroxylation is 6. The Morgan fingerprint density at radius 1 is 0.188 bits per heavy atom. The predicted molar refractivity (Wildman–Crippen MR) is 219 cm³/mol. The van der Waals surface area contributed by atoms with E-state index < -0.39 is 63.1 Å². The summed E-state index contributed by atoms with van der Waals surface area (Å²) in [7, 11) is -9.12. The van der Waals surface area contributed by atoms with Gasteiger partial charge in [-0.3, -0.25) is 0 Å². The third-order valence-electron chi connectivity index (χ3n) is 8.67. The molecular formula is C42H42As6. The molecule has 0 spiro atoms. The zero-order valence-electron chi connectivity index (χ0n) is 28.5. The van der Waals surface area contributed by atoms with Gasteiger partial charge in [-0.25, -0.2) is 0 Å². The Labute approximate surface area is 306 Å². The van der Waals surface area contributed by atoms with E-state index in [0.29, 0.717) is 0 Å². The molecule has 0 aliphatic carbocycles. The van der Waals surface area contributed by atoms with Gasteiger partial charge in [0.25, 0.3) is 0 Å². The maximum atomic E-state index is 2.62. The third kappa shape index (κ3) is 7.49. The van der Waals surface area contributed by atoms with E-state index in [2.05, 4.69) is 187 Å². The average Bonchev–Trinajstić information content (AvgIpc) is 3.10. The van der Waals surface area contributed by atoms with Crippen molar-refractivity contribution >= 4 is 89.2 Å². The molecule has 6 aromatic rings. The number of hydrogen-bond donors (Lipinski definition) is 0. The van der Waals surface area contributed by atoms with Gasteiger partial charge in [0.1, 0.15) is 0 Å². The third-order valence-corrected chi connectivity index (χ3v) is 306. The van der Waals surface area contributed by atoms with Crippen LogP contribution in [0.25, 0.3) is 0 Å². The van der Waals surface area contributed by atoms with E-state index >= 15 is 0 Å².